The Kier molecular flexibility index (Phi) is 3.81. The van der Waals surface area contributed by atoms with Crippen molar-refractivity contribution in [2.24, 2.45) is 0 Å². The number of hydrogen-bond donors (Lipinski definition) is 1. The summed E-state index contributed by atoms with van der Waals surface area (Å²) in [5, 5.41) is 9.80. The molecular formula is C15H18N2O2. The van der Waals surface area contributed by atoms with Crippen molar-refractivity contribution in [1.29, 1.82) is 0 Å². The van der Waals surface area contributed by atoms with Crippen LogP contribution in [0.2, 0.25) is 0 Å². The minimum absolute atomic E-state index is 0.0384. The molecule has 1 aromatic heterocycles. The highest BCUT2D eigenvalue weighted by Crippen LogP contribution is 2.21. The maximum absolute atomic E-state index is 12.4. The maximum Gasteiger partial charge on any atom is 0.254 e. The summed E-state index contributed by atoms with van der Waals surface area (Å²) < 4.78 is 0. The molecule has 19 heavy (non-hydrogen) atoms. The lowest BCUT2D eigenvalue weighted by Crippen LogP contribution is -2.29. The van der Waals surface area contributed by atoms with Gasteiger partial charge in [-0.3, -0.25) is 9.78 Å². The highest BCUT2D eigenvalue weighted by atomic mass is 16.3. The van der Waals surface area contributed by atoms with Crippen molar-refractivity contribution < 1.29 is 9.90 Å². The Labute approximate surface area is 112 Å². The molecule has 0 aliphatic carbocycles. The number of nitrogens with zero attached hydrogens (tertiary/aromatic N) is 2. The molecule has 0 bridgehead atoms. The molecule has 1 amide bonds. The van der Waals surface area contributed by atoms with E-state index in [9.17, 15) is 4.79 Å². The number of likely N-dealkylation sites (N-methyl/N-ethyl adjacent to an activating group) is 1. The van der Waals surface area contributed by atoms with Crippen LogP contribution in [0, 0.1) is 13.8 Å². The molecule has 2 rings (SSSR count). The number of pyridine rings is 1. The van der Waals surface area contributed by atoms with E-state index in [2.05, 4.69) is 4.98 Å². The minimum atomic E-state index is -0.0878. The first-order chi connectivity index (χ1) is 9.02. The SMILES string of the molecule is Cc1ccc2nc(C)cc(C(=O)N(C)CCO)c2c1. The van der Waals surface area contributed by atoms with Crippen LogP contribution in [0.5, 0.6) is 0 Å². The summed E-state index contributed by atoms with van der Waals surface area (Å²) in [6.45, 7) is 4.16. The van der Waals surface area contributed by atoms with Gasteiger partial charge in [0.2, 0.25) is 0 Å². The van der Waals surface area contributed by atoms with Crippen molar-refractivity contribution in [3.8, 4) is 0 Å². The number of amides is 1. The zero-order valence-corrected chi connectivity index (χ0v) is 11.5. The lowest BCUT2D eigenvalue weighted by atomic mass is 10.0. The number of aryl methyl sites for hydroxylation is 2. The Hall–Kier alpha value is -1.94. The zero-order valence-electron chi connectivity index (χ0n) is 11.5. The first-order valence-electron chi connectivity index (χ1n) is 6.27. The molecule has 100 valence electrons. The molecule has 1 heterocycles. The molecule has 0 fully saturated rings. The van der Waals surface area contributed by atoms with Gasteiger partial charge in [0, 0.05) is 24.7 Å². The second-order valence-electron chi connectivity index (χ2n) is 4.78. The van der Waals surface area contributed by atoms with Crippen molar-refractivity contribution in [3.63, 3.8) is 0 Å². The fourth-order valence-corrected chi connectivity index (χ4v) is 2.11. The molecule has 4 nitrogen and oxygen atoms in total. The van der Waals surface area contributed by atoms with Crippen LogP contribution in [0.15, 0.2) is 24.3 Å². The van der Waals surface area contributed by atoms with Gasteiger partial charge in [-0.1, -0.05) is 11.6 Å². The van der Waals surface area contributed by atoms with Crippen LogP contribution >= 0.6 is 0 Å². The smallest absolute Gasteiger partial charge is 0.254 e. The van der Waals surface area contributed by atoms with Gasteiger partial charge in [-0.05, 0) is 32.0 Å². The molecule has 0 saturated heterocycles. The van der Waals surface area contributed by atoms with Gasteiger partial charge in [0.15, 0.2) is 0 Å². The van der Waals surface area contributed by atoms with Crippen LogP contribution in [0.3, 0.4) is 0 Å². The van der Waals surface area contributed by atoms with Gasteiger partial charge in [-0.2, -0.15) is 0 Å². The lowest BCUT2D eigenvalue weighted by molar-refractivity contribution is 0.0768. The molecule has 1 aromatic carbocycles. The highest BCUT2D eigenvalue weighted by molar-refractivity contribution is 6.06. The molecule has 1 N–H and O–H groups in total. The van der Waals surface area contributed by atoms with Crippen molar-refractivity contribution in [2.75, 3.05) is 20.2 Å². The number of benzene rings is 1. The van der Waals surface area contributed by atoms with Crippen molar-refractivity contribution in [2.45, 2.75) is 13.8 Å². The van der Waals surface area contributed by atoms with E-state index in [1.54, 1.807) is 13.1 Å². The molecule has 0 spiro atoms. The molecule has 0 aliphatic rings. The summed E-state index contributed by atoms with van der Waals surface area (Å²) in [7, 11) is 1.69. The van der Waals surface area contributed by atoms with Gasteiger partial charge in [0.05, 0.1) is 17.7 Å². The molecular weight excluding hydrogens is 240 g/mol. The quantitative estimate of drug-likeness (QED) is 0.915. The van der Waals surface area contributed by atoms with Gasteiger partial charge in [-0.25, -0.2) is 0 Å². The number of rotatable bonds is 3. The topological polar surface area (TPSA) is 53.4 Å². The molecule has 0 atom stereocenters. The van der Waals surface area contributed by atoms with E-state index in [1.807, 2.05) is 32.0 Å². The van der Waals surface area contributed by atoms with Crippen LogP contribution < -0.4 is 0 Å². The van der Waals surface area contributed by atoms with Crippen molar-refractivity contribution in [1.82, 2.24) is 9.88 Å². The van der Waals surface area contributed by atoms with Crippen molar-refractivity contribution in [3.05, 3.63) is 41.1 Å². The Bertz CT molecular complexity index is 623. The first-order valence-corrected chi connectivity index (χ1v) is 6.27. The lowest BCUT2D eigenvalue weighted by Gasteiger charge is -2.17. The maximum atomic E-state index is 12.4. The van der Waals surface area contributed by atoms with Crippen LogP contribution in [0.25, 0.3) is 10.9 Å². The van der Waals surface area contributed by atoms with Gasteiger partial charge in [0.1, 0.15) is 0 Å². The average molecular weight is 258 g/mol. The largest absolute Gasteiger partial charge is 0.395 e. The molecule has 0 unspecified atom stereocenters. The highest BCUT2D eigenvalue weighted by Gasteiger charge is 2.15. The third-order valence-electron chi connectivity index (χ3n) is 3.10. The van der Waals surface area contributed by atoms with Crippen LogP contribution in [-0.2, 0) is 0 Å². The molecule has 0 radical (unpaired) electrons. The zero-order chi connectivity index (χ0) is 14.0. The van der Waals surface area contributed by atoms with E-state index >= 15 is 0 Å². The van der Waals surface area contributed by atoms with Crippen LogP contribution in [0.1, 0.15) is 21.6 Å². The third-order valence-corrected chi connectivity index (χ3v) is 3.10. The normalized spacial score (nSPS) is 10.7. The van der Waals surface area contributed by atoms with Crippen molar-refractivity contribution >= 4 is 16.8 Å². The van der Waals surface area contributed by atoms with Crippen LogP contribution in [-0.4, -0.2) is 41.1 Å². The molecule has 4 heteroatoms. The molecule has 0 saturated carbocycles. The Morgan fingerprint density at radius 2 is 2.05 bits per heavy atom. The van der Waals surface area contributed by atoms with Crippen LogP contribution in [0.4, 0.5) is 0 Å². The average Bonchev–Trinajstić information content (AvgIpc) is 2.38. The number of aromatic nitrogens is 1. The Morgan fingerprint density at radius 3 is 2.74 bits per heavy atom. The predicted octanol–water partition coefficient (Wildman–Crippen LogP) is 1.92. The first kappa shape index (κ1) is 13.5. The van der Waals surface area contributed by atoms with E-state index < -0.39 is 0 Å². The Balaban J connectivity index is 2.58. The van der Waals surface area contributed by atoms with E-state index in [0.29, 0.717) is 12.1 Å². The molecule has 0 aliphatic heterocycles. The summed E-state index contributed by atoms with van der Waals surface area (Å²) in [6, 6.07) is 7.70. The van der Waals surface area contributed by atoms with E-state index in [4.69, 9.17) is 5.11 Å². The number of hydrogen-bond acceptors (Lipinski definition) is 3. The minimum Gasteiger partial charge on any atom is -0.395 e. The summed E-state index contributed by atoms with van der Waals surface area (Å²) >= 11 is 0. The second kappa shape index (κ2) is 5.36. The third kappa shape index (κ3) is 2.74. The van der Waals surface area contributed by atoms with Gasteiger partial charge < -0.3 is 10.0 Å². The predicted molar refractivity (Wildman–Crippen MR) is 75.3 cm³/mol. The Morgan fingerprint density at radius 1 is 1.32 bits per heavy atom. The fourth-order valence-electron chi connectivity index (χ4n) is 2.11. The molecule has 2 aromatic rings. The standard InChI is InChI=1S/C15H18N2O2/c1-10-4-5-14-12(8-10)13(9-11(2)16-14)15(19)17(3)6-7-18/h4-5,8-9,18H,6-7H2,1-3H3. The summed E-state index contributed by atoms with van der Waals surface area (Å²) in [5.41, 5.74) is 3.38. The van der Waals surface area contributed by atoms with Gasteiger partial charge in [0.25, 0.3) is 5.91 Å². The summed E-state index contributed by atoms with van der Waals surface area (Å²) in [4.78, 5) is 18.4. The van der Waals surface area contributed by atoms with E-state index in [-0.39, 0.29) is 12.5 Å². The monoisotopic (exact) mass is 258 g/mol. The number of aliphatic hydroxyl groups is 1. The summed E-state index contributed by atoms with van der Waals surface area (Å²) in [6.07, 6.45) is 0. The summed E-state index contributed by atoms with van der Waals surface area (Å²) in [5.74, 6) is -0.0878. The van der Waals surface area contributed by atoms with E-state index in [0.717, 1.165) is 22.2 Å². The van der Waals surface area contributed by atoms with Gasteiger partial charge in [-0.15, -0.1) is 0 Å². The number of fused-ring (bicyclic) bond motifs is 1. The number of aliphatic hydroxyl groups excluding tert-OH is 1. The number of carbonyl (C=O) groups is 1. The van der Waals surface area contributed by atoms with Gasteiger partial charge >= 0.3 is 0 Å². The second-order valence-corrected chi connectivity index (χ2v) is 4.78. The van der Waals surface area contributed by atoms with E-state index in [1.165, 1.54) is 4.90 Å². The number of carbonyl (C=O) groups excluding carboxylic acids is 1. The fraction of sp³-hybridized carbons (Fsp3) is 0.333.